The van der Waals surface area contributed by atoms with Gasteiger partial charge in [-0.1, -0.05) is 18.2 Å². The molecule has 1 unspecified atom stereocenters. The number of hydrogen-bond donors (Lipinski definition) is 0. The van der Waals surface area contributed by atoms with Gasteiger partial charge < -0.3 is 4.90 Å². The molecule has 0 radical (unpaired) electrons. The standard InChI is InChI=1S/C19H19N7/c1-2-6-15(7-3-1)26-19-17(12-23-26)18(20-14-21-19)24-10-4-8-16(13-24)25-11-5-9-22-25/h1-3,5-7,9,11-12,14,16H,4,8,10,13H2. The molecule has 0 spiro atoms. The first kappa shape index (κ1) is 15.1. The third-order valence-electron chi connectivity index (χ3n) is 4.94. The van der Waals surface area contributed by atoms with Crippen LogP contribution in [0.1, 0.15) is 18.9 Å². The molecule has 1 saturated heterocycles. The first-order valence-electron chi connectivity index (χ1n) is 8.88. The lowest BCUT2D eigenvalue weighted by molar-refractivity contribution is 0.375. The summed E-state index contributed by atoms with van der Waals surface area (Å²) in [6.45, 7) is 1.88. The lowest BCUT2D eigenvalue weighted by Crippen LogP contribution is -2.37. The summed E-state index contributed by atoms with van der Waals surface area (Å²) in [5.41, 5.74) is 1.84. The van der Waals surface area contributed by atoms with Crippen LogP contribution >= 0.6 is 0 Å². The molecule has 1 fully saturated rings. The zero-order valence-corrected chi connectivity index (χ0v) is 14.3. The predicted octanol–water partition coefficient (Wildman–Crippen LogP) is 2.85. The van der Waals surface area contributed by atoms with E-state index in [-0.39, 0.29) is 0 Å². The Morgan fingerprint density at radius 3 is 2.77 bits per heavy atom. The number of benzene rings is 1. The largest absolute Gasteiger partial charge is 0.354 e. The van der Waals surface area contributed by atoms with E-state index in [0.717, 1.165) is 48.5 Å². The second-order valence-corrected chi connectivity index (χ2v) is 6.55. The van der Waals surface area contributed by atoms with E-state index in [1.54, 1.807) is 6.33 Å². The van der Waals surface area contributed by atoms with Crippen LogP contribution in [0.2, 0.25) is 0 Å². The molecule has 1 aliphatic rings. The fraction of sp³-hybridized carbons (Fsp3) is 0.263. The van der Waals surface area contributed by atoms with Crippen molar-refractivity contribution in [2.45, 2.75) is 18.9 Å². The average Bonchev–Trinajstić information content (AvgIpc) is 3.38. The summed E-state index contributed by atoms with van der Waals surface area (Å²) < 4.78 is 3.92. The van der Waals surface area contributed by atoms with Gasteiger partial charge in [0.25, 0.3) is 0 Å². The Labute approximate surface area is 150 Å². The molecule has 1 aliphatic heterocycles. The molecule has 3 aromatic heterocycles. The fourth-order valence-electron chi connectivity index (χ4n) is 3.70. The number of fused-ring (bicyclic) bond motifs is 1. The number of piperidine rings is 1. The van der Waals surface area contributed by atoms with Crippen LogP contribution in [0.4, 0.5) is 5.82 Å². The molecule has 130 valence electrons. The maximum Gasteiger partial charge on any atom is 0.168 e. The summed E-state index contributed by atoms with van der Waals surface area (Å²) in [7, 11) is 0. The Hall–Kier alpha value is -3.22. The van der Waals surface area contributed by atoms with Gasteiger partial charge in [0.1, 0.15) is 12.1 Å². The highest BCUT2D eigenvalue weighted by molar-refractivity contribution is 5.87. The second kappa shape index (κ2) is 6.25. The smallest absolute Gasteiger partial charge is 0.168 e. The number of para-hydroxylation sites is 1. The molecule has 0 saturated carbocycles. The molecular weight excluding hydrogens is 326 g/mol. The monoisotopic (exact) mass is 345 g/mol. The number of anilines is 1. The van der Waals surface area contributed by atoms with Gasteiger partial charge in [0.15, 0.2) is 5.65 Å². The maximum atomic E-state index is 4.59. The van der Waals surface area contributed by atoms with Gasteiger partial charge in [-0.2, -0.15) is 10.2 Å². The molecule has 0 bridgehead atoms. The Morgan fingerprint density at radius 2 is 1.92 bits per heavy atom. The van der Waals surface area contributed by atoms with Gasteiger partial charge >= 0.3 is 0 Å². The minimum atomic E-state index is 0.368. The summed E-state index contributed by atoms with van der Waals surface area (Å²) in [6.07, 6.45) is 9.63. The molecule has 4 heterocycles. The van der Waals surface area contributed by atoms with Gasteiger partial charge in [0, 0.05) is 25.5 Å². The Bertz CT molecular complexity index is 1010. The SMILES string of the molecule is c1ccc(-n2ncc3c(N4CCCC(n5cccn5)C4)ncnc32)cc1. The normalized spacial score (nSPS) is 17.7. The van der Waals surface area contributed by atoms with E-state index in [9.17, 15) is 0 Å². The quantitative estimate of drug-likeness (QED) is 0.571. The van der Waals surface area contributed by atoms with Crippen molar-refractivity contribution in [1.82, 2.24) is 29.5 Å². The molecule has 0 N–H and O–H groups in total. The molecule has 7 heteroatoms. The van der Waals surface area contributed by atoms with Crippen molar-refractivity contribution in [3.8, 4) is 5.69 Å². The van der Waals surface area contributed by atoms with E-state index >= 15 is 0 Å². The van der Waals surface area contributed by atoms with Crippen molar-refractivity contribution in [3.05, 3.63) is 61.3 Å². The lowest BCUT2D eigenvalue weighted by atomic mass is 10.1. The highest BCUT2D eigenvalue weighted by atomic mass is 15.3. The van der Waals surface area contributed by atoms with Gasteiger partial charge in [-0.25, -0.2) is 14.6 Å². The minimum absolute atomic E-state index is 0.368. The van der Waals surface area contributed by atoms with Crippen LogP contribution < -0.4 is 4.90 Å². The van der Waals surface area contributed by atoms with Gasteiger partial charge in [-0.15, -0.1) is 0 Å². The van der Waals surface area contributed by atoms with Gasteiger partial charge in [0.05, 0.1) is 23.3 Å². The zero-order valence-electron chi connectivity index (χ0n) is 14.3. The van der Waals surface area contributed by atoms with Crippen molar-refractivity contribution < 1.29 is 0 Å². The van der Waals surface area contributed by atoms with Crippen molar-refractivity contribution >= 4 is 16.9 Å². The minimum Gasteiger partial charge on any atom is -0.354 e. The van der Waals surface area contributed by atoms with Crippen LogP contribution in [0, 0.1) is 0 Å². The summed E-state index contributed by atoms with van der Waals surface area (Å²) in [4.78, 5) is 11.4. The summed E-state index contributed by atoms with van der Waals surface area (Å²) in [5, 5.41) is 9.96. The first-order valence-corrected chi connectivity index (χ1v) is 8.88. The van der Waals surface area contributed by atoms with Crippen LogP contribution in [-0.4, -0.2) is 42.6 Å². The van der Waals surface area contributed by atoms with Crippen molar-refractivity contribution in [3.63, 3.8) is 0 Å². The van der Waals surface area contributed by atoms with E-state index in [1.807, 2.05) is 59.7 Å². The number of hydrogen-bond acceptors (Lipinski definition) is 5. The Morgan fingerprint density at radius 1 is 1.00 bits per heavy atom. The van der Waals surface area contributed by atoms with E-state index in [2.05, 4.69) is 29.7 Å². The van der Waals surface area contributed by atoms with Crippen LogP contribution in [0.25, 0.3) is 16.7 Å². The molecular formula is C19H19N7. The molecule has 5 rings (SSSR count). The lowest BCUT2D eigenvalue weighted by Gasteiger charge is -2.33. The van der Waals surface area contributed by atoms with Crippen molar-refractivity contribution in [1.29, 1.82) is 0 Å². The summed E-state index contributed by atoms with van der Waals surface area (Å²) in [6, 6.07) is 12.4. The van der Waals surface area contributed by atoms with E-state index in [0.29, 0.717) is 6.04 Å². The zero-order chi connectivity index (χ0) is 17.3. The van der Waals surface area contributed by atoms with Crippen LogP contribution in [0.15, 0.2) is 61.3 Å². The van der Waals surface area contributed by atoms with Gasteiger partial charge in [-0.3, -0.25) is 4.68 Å². The van der Waals surface area contributed by atoms with Gasteiger partial charge in [-0.05, 0) is 31.0 Å². The number of rotatable bonds is 3. The first-order chi connectivity index (χ1) is 12.9. The van der Waals surface area contributed by atoms with E-state index in [1.165, 1.54) is 0 Å². The summed E-state index contributed by atoms with van der Waals surface area (Å²) >= 11 is 0. The molecule has 7 nitrogen and oxygen atoms in total. The highest BCUT2D eigenvalue weighted by Gasteiger charge is 2.24. The topological polar surface area (TPSA) is 64.7 Å². The number of aromatic nitrogens is 6. The summed E-state index contributed by atoms with van der Waals surface area (Å²) in [5.74, 6) is 0.953. The molecule has 1 atom stereocenters. The van der Waals surface area contributed by atoms with E-state index < -0.39 is 0 Å². The molecule has 4 aromatic rings. The molecule has 0 amide bonds. The third kappa shape index (κ3) is 2.52. The number of nitrogens with zero attached hydrogens (tertiary/aromatic N) is 7. The Kier molecular flexibility index (Phi) is 3.62. The van der Waals surface area contributed by atoms with Crippen LogP contribution in [0.5, 0.6) is 0 Å². The highest BCUT2D eigenvalue weighted by Crippen LogP contribution is 2.29. The maximum absolute atomic E-state index is 4.59. The van der Waals surface area contributed by atoms with Crippen molar-refractivity contribution in [2.24, 2.45) is 0 Å². The van der Waals surface area contributed by atoms with Crippen LogP contribution in [0.3, 0.4) is 0 Å². The fourth-order valence-corrected chi connectivity index (χ4v) is 3.70. The van der Waals surface area contributed by atoms with E-state index in [4.69, 9.17) is 0 Å². The molecule has 1 aromatic carbocycles. The van der Waals surface area contributed by atoms with Gasteiger partial charge in [0.2, 0.25) is 0 Å². The second-order valence-electron chi connectivity index (χ2n) is 6.55. The molecule has 26 heavy (non-hydrogen) atoms. The van der Waals surface area contributed by atoms with Crippen LogP contribution in [-0.2, 0) is 0 Å². The average molecular weight is 345 g/mol. The molecule has 0 aliphatic carbocycles. The predicted molar refractivity (Wildman–Crippen MR) is 99.4 cm³/mol. The third-order valence-corrected chi connectivity index (χ3v) is 4.94. The van der Waals surface area contributed by atoms with Crippen molar-refractivity contribution in [2.75, 3.05) is 18.0 Å². The Balaban J connectivity index is 1.52.